The molecule has 2 amide bonds. The smallest absolute Gasteiger partial charge is 0.242 e. The van der Waals surface area contributed by atoms with E-state index in [9.17, 15) is 9.59 Å². The first-order valence-corrected chi connectivity index (χ1v) is 7.89. The number of amides is 2. The molecule has 22 heavy (non-hydrogen) atoms. The lowest BCUT2D eigenvalue weighted by Gasteiger charge is -2.24. The van der Waals surface area contributed by atoms with E-state index in [0.29, 0.717) is 5.02 Å². The molecule has 1 aromatic carbocycles. The van der Waals surface area contributed by atoms with E-state index in [1.54, 1.807) is 19.1 Å². The summed E-state index contributed by atoms with van der Waals surface area (Å²) >= 11 is 5.88. The Balaban J connectivity index is 2.68. The standard InChI is InChI=1S/C17H25ClN2O2/c1-6-14(12-7-9-13(18)10-8-12)20-15(21)11(2)19-16(22)17(3,4)5/h7-11,14H,6H2,1-5H3,(H,19,22)(H,20,21). The topological polar surface area (TPSA) is 58.2 Å². The van der Waals surface area contributed by atoms with E-state index in [-0.39, 0.29) is 17.9 Å². The molecule has 122 valence electrons. The second-order valence-corrected chi connectivity index (χ2v) is 6.90. The highest BCUT2D eigenvalue weighted by atomic mass is 35.5. The first-order valence-electron chi connectivity index (χ1n) is 7.52. The lowest BCUT2D eigenvalue weighted by Crippen LogP contribution is -2.48. The zero-order valence-corrected chi connectivity index (χ0v) is 14.6. The molecule has 0 saturated heterocycles. The molecule has 4 nitrogen and oxygen atoms in total. The summed E-state index contributed by atoms with van der Waals surface area (Å²) in [5.74, 6) is -0.339. The molecule has 0 spiro atoms. The molecule has 0 heterocycles. The summed E-state index contributed by atoms with van der Waals surface area (Å²) in [5.41, 5.74) is 0.476. The summed E-state index contributed by atoms with van der Waals surface area (Å²) in [7, 11) is 0. The number of hydrogen-bond acceptors (Lipinski definition) is 2. The molecule has 5 heteroatoms. The lowest BCUT2D eigenvalue weighted by atomic mass is 9.95. The summed E-state index contributed by atoms with van der Waals surface area (Å²) in [4.78, 5) is 24.2. The minimum atomic E-state index is -0.576. The van der Waals surface area contributed by atoms with E-state index in [4.69, 9.17) is 11.6 Å². The third-order valence-corrected chi connectivity index (χ3v) is 3.67. The molecule has 2 atom stereocenters. The number of hydrogen-bond donors (Lipinski definition) is 2. The third kappa shape index (κ3) is 5.34. The maximum atomic E-state index is 12.3. The van der Waals surface area contributed by atoms with Crippen LogP contribution < -0.4 is 10.6 Å². The SMILES string of the molecule is CCC(NC(=O)C(C)NC(=O)C(C)(C)C)c1ccc(Cl)cc1. The van der Waals surface area contributed by atoms with Crippen molar-refractivity contribution in [2.45, 2.75) is 53.1 Å². The zero-order chi connectivity index (χ0) is 16.9. The monoisotopic (exact) mass is 324 g/mol. The minimum Gasteiger partial charge on any atom is -0.348 e. The summed E-state index contributed by atoms with van der Waals surface area (Å²) in [5, 5.41) is 6.36. The molecule has 2 unspecified atom stereocenters. The Morgan fingerprint density at radius 2 is 1.68 bits per heavy atom. The number of nitrogens with one attached hydrogen (secondary N) is 2. The minimum absolute atomic E-state index is 0.0984. The van der Waals surface area contributed by atoms with Gasteiger partial charge in [-0.15, -0.1) is 0 Å². The predicted molar refractivity (Wildman–Crippen MR) is 89.7 cm³/mol. The molecule has 2 N–H and O–H groups in total. The van der Waals surface area contributed by atoms with E-state index in [0.717, 1.165) is 12.0 Å². The largest absolute Gasteiger partial charge is 0.348 e. The van der Waals surface area contributed by atoms with Gasteiger partial charge in [-0.25, -0.2) is 0 Å². The summed E-state index contributed by atoms with van der Waals surface area (Å²) in [6, 6.07) is 6.73. The number of carbonyl (C=O) groups is 2. The van der Waals surface area contributed by atoms with Crippen LogP contribution in [-0.2, 0) is 9.59 Å². The van der Waals surface area contributed by atoms with Gasteiger partial charge in [-0.2, -0.15) is 0 Å². The van der Waals surface area contributed by atoms with Gasteiger partial charge < -0.3 is 10.6 Å². The predicted octanol–water partition coefficient (Wildman–Crippen LogP) is 3.46. The van der Waals surface area contributed by atoms with Gasteiger partial charge in [0.2, 0.25) is 11.8 Å². The molecule has 1 aromatic rings. The van der Waals surface area contributed by atoms with Crippen molar-refractivity contribution in [2.75, 3.05) is 0 Å². The Hall–Kier alpha value is -1.55. The van der Waals surface area contributed by atoms with Gasteiger partial charge in [0.05, 0.1) is 6.04 Å². The van der Waals surface area contributed by atoms with Crippen LogP contribution >= 0.6 is 11.6 Å². The van der Waals surface area contributed by atoms with E-state index < -0.39 is 11.5 Å². The van der Waals surface area contributed by atoms with Gasteiger partial charge in [0.15, 0.2) is 0 Å². The highest BCUT2D eigenvalue weighted by Crippen LogP contribution is 2.19. The molecule has 0 bridgehead atoms. The highest BCUT2D eigenvalue weighted by Gasteiger charge is 2.26. The van der Waals surface area contributed by atoms with Crippen LogP contribution in [-0.4, -0.2) is 17.9 Å². The van der Waals surface area contributed by atoms with Crippen LogP contribution in [0.15, 0.2) is 24.3 Å². The van der Waals surface area contributed by atoms with Crippen LogP contribution in [0.3, 0.4) is 0 Å². The Bertz CT molecular complexity index is 520. The quantitative estimate of drug-likeness (QED) is 0.871. The Labute approximate surface area is 137 Å². The maximum absolute atomic E-state index is 12.3. The van der Waals surface area contributed by atoms with Crippen LogP contribution in [0.5, 0.6) is 0 Å². The van der Waals surface area contributed by atoms with Gasteiger partial charge in [-0.05, 0) is 31.0 Å². The van der Waals surface area contributed by atoms with Crippen LogP contribution in [0.25, 0.3) is 0 Å². The van der Waals surface area contributed by atoms with Crippen molar-refractivity contribution >= 4 is 23.4 Å². The van der Waals surface area contributed by atoms with Crippen molar-refractivity contribution < 1.29 is 9.59 Å². The highest BCUT2D eigenvalue weighted by molar-refractivity contribution is 6.30. The van der Waals surface area contributed by atoms with Gasteiger partial charge >= 0.3 is 0 Å². The molecule has 0 aliphatic carbocycles. The van der Waals surface area contributed by atoms with E-state index in [1.807, 2.05) is 39.8 Å². The Morgan fingerprint density at radius 1 is 1.14 bits per heavy atom. The first-order chi connectivity index (χ1) is 10.1. The van der Waals surface area contributed by atoms with Crippen molar-refractivity contribution in [1.29, 1.82) is 0 Å². The first kappa shape index (κ1) is 18.5. The van der Waals surface area contributed by atoms with Gasteiger partial charge in [-0.3, -0.25) is 9.59 Å². The molecule has 0 fully saturated rings. The number of benzene rings is 1. The van der Waals surface area contributed by atoms with Crippen molar-refractivity contribution in [3.8, 4) is 0 Å². The maximum Gasteiger partial charge on any atom is 0.242 e. The molecular weight excluding hydrogens is 300 g/mol. The fourth-order valence-electron chi connectivity index (χ4n) is 1.89. The average molecular weight is 325 g/mol. The lowest BCUT2D eigenvalue weighted by molar-refractivity contribution is -0.133. The number of carbonyl (C=O) groups excluding carboxylic acids is 2. The second-order valence-electron chi connectivity index (χ2n) is 6.47. The van der Waals surface area contributed by atoms with Crippen molar-refractivity contribution in [3.05, 3.63) is 34.9 Å². The summed E-state index contributed by atoms with van der Waals surface area (Å²) in [6.45, 7) is 9.13. The van der Waals surface area contributed by atoms with E-state index in [1.165, 1.54) is 0 Å². The van der Waals surface area contributed by atoms with Crippen LogP contribution in [0.1, 0.15) is 52.6 Å². The molecule has 0 radical (unpaired) electrons. The van der Waals surface area contributed by atoms with Crippen LogP contribution in [0.2, 0.25) is 5.02 Å². The normalized spacial score (nSPS) is 14.1. The Morgan fingerprint density at radius 3 is 2.14 bits per heavy atom. The third-order valence-electron chi connectivity index (χ3n) is 3.42. The number of rotatable bonds is 5. The van der Waals surface area contributed by atoms with Gasteiger partial charge in [0, 0.05) is 10.4 Å². The van der Waals surface area contributed by atoms with Gasteiger partial charge in [-0.1, -0.05) is 51.4 Å². The van der Waals surface area contributed by atoms with Crippen molar-refractivity contribution in [2.24, 2.45) is 5.41 Å². The molecule has 0 saturated carbocycles. The summed E-state index contributed by atoms with van der Waals surface area (Å²) < 4.78 is 0. The van der Waals surface area contributed by atoms with Crippen LogP contribution in [0, 0.1) is 5.41 Å². The molecule has 0 aromatic heterocycles. The van der Waals surface area contributed by atoms with Crippen molar-refractivity contribution in [1.82, 2.24) is 10.6 Å². The summed E-state index contributed by atoms with van der Waals surface area (Å²) in [6.07, 6.45) is 0.757. The van der Waals surface area contributed by atoms with E-state index >= 15 is 0 Å². The number of halogens is 1. The van der Waals surface area contributed by atoms with E-state index in [2.05, 4.69) is 10.6 Å². The van der Waals surface area contributed by atoms with Crippen LogP contribution in [0.4, 0.5) is 0 Å². The van der Waals surface area contributed by atoms with Gasteiger partial charge in [0.1, 0.15) is 6.04 Å². The molecule has 0 aliphatic rings. The molecular formula is C17H25ClN2O2. The fraction of sp³-hybridized carbons (Fsp3) is 0.529. The second kappa shape index (κ2) is 7.63. The fourth-order valence-corrected chi connectivity index (χ4v) is 2.02. The zero-order valence-electron chi connectivity index (χ0n) is 13.9. The van der Waals surface area contributed by atoms with Crippen molar-refractivity contribution in [3.63, 3.8) is 0 Å². The Kier molecular flexibility index (Phi) is 6.42. The van der Waals surface area contributed by atoms with Gasteiger partial charge in [0.25, 0.3) is 0 Å². The molecule has 0 aliphatic heterocycles. The molecule has 1 rings (SSSR count). The average Bonchev–Trinajstić information content (AvgIpc) is 2.44.